The Morgan fingerprint density at radius 1 is 1.60 bits per heavy atom. The second-order valence-corrected chi connectivity index (χ2v) is 2.01. The standard InChI is InChI=1S/C6H7BNO2/c1-5-2-3-8-4-6(5)7(9)10/h3-4,9-10H,1H3/q+1. The molecule has 1 aliphatic heterocycles. The first kappa shape index (κ1) is 7.16. The molecule has 2 N–H and O–H groups in total. The molecule has 0 aromatic heterocycles. The Morgan fingerprint density at radius 2 is 2.30 bits per heavy atom. The molecule has 10 heavy (non-hydrogen) atoms. The van der Waals surface area contributed by atoms with E-state index in [-0.39, 0.29) is 0 Å². The van der Waals surface area contributed by atoms with Crippen LogP contribution in [-0.4, -0.2) is 23.4 Å². The van der Waals surface area contributed by atoms with Gasteiger partial charge in [-0.25, -0.2) is 4.99 Å². The van der Waals surface area contributed by atoms with Gasteiger partial charge in [0, 0.05) is 6.92 Å². The van der Waals surface area contributed by atoms with Gasteiger partial charge in [-0.3, -0.25) is 0 Å². The fourth-order valence-corrected chi connectivity index (χ4v) is 0.692. The molecule has 0 fully saturated rings. The van der Waals surface area contributed by atoms with Crippen LogP contribution in [0.1, 0.15) is 6.92 Å². The van der Waals surface area contributed by atoms with E-state index in [0.717, 1.165) is 0 Å². The summed E-state index contributed by atoms with van der Waals surface area (Å²) in [6, 6.07) is 0. The molecular formula is C6H7BNO2+. The van der Waals surface area contributed by atoms with E-state index in [4.69, 9.17) is 10.0 Å². The number of rotatable bonds is 1. The molecular weight excluding hydrogens is 129 g/mol. The summed E-state index contributed by atoms with van der Waals surface area (Å²) in [6.07, 6.45) is 5.65. The van der Waals surface area contributed by atoms with Crippen LogP contribution in [0.25, 0.3) is 0 Å². The second kappa shape index (κ2) is 2.75. The average Bonchev–Trinajstić information content (AvgIpc) is 1.88. The van der Waals surface area contributed by atoms with Crippen molar-refractivity contribution < 1.29 is 10.0 Å². The quantitative estimate of drug-likeness (QED) is 0.384. The summed E-state index contributed by atoms with van der Waals surface area (Å²) in [5, 5.41) is 17.4. The predicted molar refractivity (Wildman–Crippen MR) is 39.2 cm³/mol. The van der Waals surface area contributed by atoms with Gasteiger partial charge in [0.05, 0.1) is 0 Å². The van der Waals surface area contributed by atoms with Crippen LogP contribution in [0.4, 0.5) is 0 Å². The molecule has 50 valence electrons. The Morgan fingerprint density at radius 3 is 2.70 bits per heavy atom. The van der Waals surface area contributed by atoms with Crippen molar-refractivity contribution in [1.29, 1.82) is 0 Å². The molecule has 0 unspecified atom stereocenters. The van der Waals surface area contributed by atoms with Gasteiger partial charge in [0.1, 0.15) is 17.8 Å². The van der Waals surface area contributed by atoms with Gasteiger partial charge in [0.2, 0.25) is 0 Å². The minimum absolute atomic E-state index is 0.405. The van der Waals surface area contributed by atoms with Crippen molar-refractivity contribution in [2.24, 2.45) is 4.99 Å². The fourth-order valence-electron chi connectivity index (χ4n) is 0.692. The van der Waals surface area contributed by atoms with Crippen molar-refractivity contribution in [3.63, 3.8) is 0 Å². The molecule has 0 aromatic rings. The summed E-state index contributed by atoms with van der Waals surface area (Å²) in [5.74, 6) is 0. The van der Waals surface area contributed by atoms with Gasteiger partial charge < -0.3 is 10.0 Å². The number of aliphatic imine (C=N–C) groups is 1. The van der Waals surface area contributed by atoms with Crippen LogP contribution in [0.5, 0.6) is 0 Å². The van der Waals surface area contributed by atoms with Crippen molar-refractivity contribution in [3.05, 3.63) is 23.3 Å². The Bertz CT molecular complexity index is 218. The first-order chi connectivity index (χ1) is 4.72. The second-order valence-electron chi connectivity index (χ2n) is 2.01. The van der Waals surface area contributed by atoms with Crippen LogP contribution in [0, 0.1) is 6.08 Å². The van der Waals surface area contributed by atoms with Gasteiger partial charge >= 0.3 is 7.12 Å². The third-order valence-electron chi connectivity index (χ3n) is 1.28. The van der Waals surface area contributed by atoms with Gasteiger partial charge in [0.25, 0.3) is 0 Å². The van der Waals surface area contributed by atoms with Crippen LogP contribution < -0.4 is 0 Å². The fraction of sp³-hybridized carbons (Fsp3) is 0.167. The van der Waals surface area contributed by atoms with Crippen molar-refractivity contribution in [1.82, 2.24) is 0 Å². The van der Waals surface area contributed by atoms with Gasteiger partial charge in [0.15, 0.2) is 11.8 Å². The predicted octanol–water partition coefficient (Wildman–Crippen LogP) is -0.284. The Hall–Kier alpha value is -0.955. The molecule has 0 aromatic carbocycles. The van der Waals surface area contributed by atoms with E-state index in [1.165, 1.54) is 12.4 Å². The molecule has 3 nitrogen and oxygen atoms in total. The Balaban J connectivity index is 2.93. The van der Waals surface area contributed by atoms with Gasteiger partial charge in [-0.1, -0.05) is 0 Å². The lowest BCUT2D eigenvalue weighted by Gasteiger charge is -1.92. The van der Waals surface area contributed by atoms with E-state index in [2.05, 4.69) is 11.1 Å². The van der Waals surface area contributed by atoms with E-state index in [9.17, 15) is 0 Å². The largest absolute Gasteiger partial charge is 0.610 e. The lowest BCUT2D eigenvalue weighted by atomic mass is 9.76. The van der Waals surface area contributed by atoms with Crippen molar-refractivity contribution >= 4 is 13.3 Å². The highest BCUT2D eigenvalue weighted by molar-refractivity contribution is 6.57. The zero-order valence-corrected chi connectivity index (χ0v) is 5.57. The molecule has 0 spiro atoms. The van der Waals surface area contributed by atoms with Gasteiger partial charge in [-0.2, -0.15) is 0 Å². The SMILES string of the molecule is CC1=C(B(O)O)C=NC=[C+]1. The van der Waals surface area contributed by atoms with E-state index < -0.39 is 7.12 Å². The summed E-state index contributed by atoms with van der Waals surface area (Å²) in [5.41, 5.74) is 1.12. The smallest absolute Gasteiger partial charge is 0.404 e. The van der Waals surface area contributed by atoms with Crippen molar-refractivity contribution in [2.75, 3.05) is 0 Å². The molecule has 1 heterocycles. The number of hydrogen-bond acceptors (Lipinski definition) is 3. The summed E-state index contributed by atoms with van der Waals surface area (Å²) in [4.78, 5) is 3.69. The maximum Gasteiger partial charge on any atom is 0.610 e. The van der Waals surface area contributed by atoms with Gasteiger partial charge in [-0.05, 0) is 0 Å². The molecule has 0 aliphatic carbocycles. The number of allylic oxidation sites excluding steroid dienone is 3. The van der Waals surface area contributed by atoms with E-state index >= 15 is 0 Å². The molecule has 0 amide bonds. The molecule has 0 atom stereocenters. The average molecular weight is 136 g/mol. The molecule has 1 rings (SSSR count). The Kier molecular flexibility index (Phi) is 1.97. The third-order valence-corrected chi connectivity index (χ3v) is 1.28. The maximum atomic E-state index is 8.70. The third kappa shape index (κ3) is 1.31. The van der Waals surface area contributed by atoms with Crippen LogP contribution in [0.15, 0.2) is 22.2 Å². The summed E-state index contributed by atoms with van der Waals surface area (Å²) < 4.78 is 0. The van der Waals surface area contributed by atoms with Crippen molar-refractivity contribution in [3.8, 4) is 0 Å². The van der Waals surface area contributed by atoms with Crippen LogP contribution in [0.3, 0.4) is 0 Å². The lowest BCUT2D eigenvalue weighted by molar-refractivity contribution is 0.421. The van der Waals surface area contributed by atoms with E-state index in [0.29, 0.717) is 11.0 Å². The van der Waals surface area contributed by atoms with Crippen LogP contribution in [0.2, 0.25) is 0 Å². The maximum absolute atomic E-state index is 8.70. The topological polar surface area (TPSA) is 52.8 Å². The molecule has 4 heteroatoms. The van der Waals surface area contributed by atoms with Crippen LogP contribution in [-0.2, 0) is 0 Å². The zero-order chi connectivity index (χ0) is 7.56. The summed E-state index contributed by atoms with van der Waals surface area (Å²) >= 11 is 0. The molecule has 0 radical (unpaired) electrons. The molecule has 0 saturated heterocycles. The van der Waals surface area contributed by atoms with Gasteiger partial charge in [-0.15, -0.1) is 0 Å². The summed E-state index contributed by atoms with van der Waals surface area (Å²) in [7, 11) is -1.44. The Labute approximate surface area is 59.6 Å². The van der Waals surface area contributed by atoms with Crippen LogP contribution >= 0.6 is 0 Å². The summed E-state index contributed by atoms with van der Waals surface area (Å²) in [6.45, 7) is 1.75. The lowest BCUT2D eigenvalue weighted by Crippen LogP contribution is -2.18. The molecule has 0 bridgehead atoms. The number of nitrogens with zero attached hydrogens (tertiary/aromatic N) is 1. The zero-order valence-electron chi connectivity index (χ0n) is 5.57. The minimum Gasteiger partial charge on any atom is -0.404 e. The van der Waals surface area contributed by atoms with E-state index in [1.54, 1.807) is 6.92 Å². The van der Waals surface area contributed by atoms with E-state index in [1.807, 2.05) is 0 Å². The monoisotopic (exact) mass is 136 g/mol. The first-order valence-electron chi connectivity index (χ1n) is 2.90. The molecule has 0 saturated carbocycles. The first-order valence-corrected chi connectivity index (χ1v) is 2.90. The molecule has 1 aliphatic rings. The highest BCUT2D eigenvalue weighted by atomic mass is 16.4. The van der Waals surface area contributed by atoms with Crippen molar-refractivity contribution in [2.45, 2.75) is 6.92 Å². The highest BCUT2D eigenvalue weighted by Gasteiger charge is 2.27. The normalized spacial score (nSPS) is 15.5. The number of hydrogen-bond donors (Lipinski definition) is 2. The highest BCUT2D eigenvalue weighted by Crippen LogP contribution is 2.07. The minimum atomic E-state index is -1.44.